The summed E-state index contributed by atoms with van der Waals surface area (Å²) in [5.41, 5.74) is 16.9. The molecule has 0 amide bonds. The lowest BCUT2D eigenvalue weighted by Gasteiger charge is -2.21. The molecule has 0 aliphatic heterocycles. The van der Waals surface area contributed by atoms with E-state index in [4.69, 9.17) is 9.40 Å². The van der Waals surface area contributed by atoms with Crippen LogP contribution in [0.5, 0.6) is 0 Å². The van der Waals surface area contributed by atoms with E-state index in [0.717, 1.165) is 50.4 Å². The molecule has 3 aromatic heterocycles. The van der Waals surface area contributed by atoms with Gasteiger partial charge in [-0.2, -0.15) is 4.98 Å². The van der Waals surface area contributed by atoms with E-state index in [2.05, 4.69) is 187 Å². The Morgan fingerprint density at radius 2 is 1.19 bits per heavy atom. The molecule has 7 aromatic carbocycles. The van der Waals surface area contributed by atoms with E-state index in [1.54, 1.807) is 0 Å². The van der Waals surface area contributed by atoms with E-state index in [1.807, 2.05) is 0 Å². The summed E-state index contributed by atoms with van der Waals surface area (Å²) < 4.78 is 11.2. The van der Waals surface area contributed by atoms with E-state index in [1.165, 1.54) is 44.1 Å². The first-order valence-electron chi connectivity index (χ1n) is 17.9. The molecule has 0 N–H and O–H groups in total. The average Bonchev–Trinajstić information content (AvgIpc) is 3.91. The first-order valence-corrected chi connectivity index (χ1v) is 17.9. The van der Waals surface area contributed by atoms with Gasteiger partial charge >= 0.3 is 5.84 Å². The second-order valence-corrected chi connectivity index (χ2v) is 14.4. The zero-order valence-electron chi connectivity index (χ0n) is 28.8. The Bertz CT molecular complexity index is 3030. The summed E-state index contributed by atoms with van der Waals surface area (Å²) in [6.07, 6.45) is 0. The normalized spacial score (nSPS) is 13.3. The molecule has 4 nitrogen and oxygen atoms in total. The number of aromatic nitrogens is 3. The molecule has 0 saturated heterocycles. The highest BCUT2D eigenvalue weighted by Crippen LogP contribution is 2.53. The maximum absolute atomic E-state index is 6.57. The number of nitrogens with zero attached hydrogens (tertiary/aromatic N) is 3. The summed E-state index contributed by atoms with van der Waals surface area (Å²) in [5.74, 6) is 0.588. The largest absolute Gasteiger partial charge is 0.423 e. The fraction of sp³-hybridized carbons (Fsp3) is 0.0625. The van der Waals surface area contributed by atoms with Gasteiger partial charge in [-0.15, -0.1) is 0 Å². The molecule has 10 aromatic rings. The van der Waals surface area contributed by atoms with Crippen molar-refractivity contribution in [1.29, 1.82) is 0 Å². The zero-order valence-corrected chi connectivity index (χ0v) is 28.8. The quantitative estimate of drug-likeness (QED) is 0.187. The Morgan fingerprint density at radius 3 is 2.06 bits per heavy atom. The summed E-state index contributed by atoms with van der Waals surface area (Å²) in [5, 5.41) is 2.46. The minimum atomic E-state index is -0.118. The highest BCUT2D eigenvalue weighted by atomic mass is 16.4. The van der Waals surface area contributed by atoms with Gasteiger partial charge in [0.2, 0.25) is 0 Å². The van der Waals surface area contributed by atoms with Crippen molar-refractivity contribution < 1.29 is 4.42 Å². The van der Waals surface area contributed by atoms with E-state index >= 15 is 0 Å². The van der Waals surface area contributed by atoms with Crippen LogP contribution in [0.3, 0.4) is 0 Å². The van der Waals surface area contributed by atoms with E-state index < -0.39 is 0 Å². The number of fused-ring (bicyclic) bond motifs is 9. The number of rotatable bonds is 4. The Balaban J connectivity index is 1.17. The molecule has 0 radical (unpaired) electrons. The highest BCUT2D eigenvalue weighted by Gasteiger charge is 2.37. The minimum absolute atomic E-state index is 0.118. The van der Waals surface area contributed by atoms with Gasteiger partial charge in [0, 0.05) is 33.0 Å². The molecule has 11 rings (SSSR count). The average molecular weight is 668 g/mol. The zero-order chi connectivity index (χ0) is 34.6. The smallest absolute Gasteiger partial charge is 0.307 e. The number of hydrogen-bond donors (Lipinski definition) is 0. The van der Waals surface area contributed by atoms with Crippen LogP contribution in [0.4, 0.5) is 0 Å². The van der Waals surface area contributed by atoms with Crippen LogP contribution in [-0.4, -0.2) is 14.0 Å². The predicted octanol–water partition coefficient (Wildman–Crippen LogP) is 12.5. The van der Waals surface area contributed by atoms with Crippen LogP contribution in [0.2, 0.25) is 0 Å². The van der Waals surface area contributed by atoms with Gasteiger partial charge in [0.25, 0.3) is 0 Å². The predicted molar refractivity (Wildman–Crippen MR) is 213 cm³/mol. The molecule has 246 valence electrons. The van der Waals surface area contributed by atoms with Crippen molar-refractivity contribution in [2.75, 3.05) is 0 Å². The van der Waals surface area contributed by atoms with Gasteiger partial charge in [-0.05, 0) is 75.8 Å². The minimum Gasteiger partial charge on any atom is -0.423 e. The van der Waals surface area contributed by atoms with Gasteiger partial charge < -0.3 is 8.98 Å². The van der Waals surface area contributed by atoms with Gasteiger partial charge in [0.1, 0.15) is 5.69 Å². The van der Waals surface area contributed by atoms with Gasteiger partial charge in [-0.1, -0.05) is 135 Å². The fourth-order valence-corrected chi connectivity index (χ4v) is 8.75. The summed E-state index contributed by atoms with van der Waals surface area (Å²) in [4.78, 5) is 5.22. The summed E-state index contributed by atoms with van der Waals surface area (Å²) >= 11 is 0. The molecule has 52 heavy (non-hydrogen) atoms. The lowest BCUT2D eigenvalue weighted by molar-refractivity contribution is 0.642. The molecule has 0 bridgehead atoms. The Labute approximate surface area is 300 Å². The van der Waals surface area contributed by atoms with Crippen molar-refractivity contribution >= 4 is 38.7 Å². The van der Waals surface area contributed by atoms with E-state index in [9.17, 15) is 0 Å². The maximum atomic E-state index is 6.57. The van der Waals surface area contributed by atoms with Crippen LogP contribution in [0.25, 0.3) is 89.2 Å². The highest BCUT2D eigenvalue weighted by molar-refractivity contribution is 6.10. The number of hydrogen-bond acceptors (Lipinski definition) is 2. The van der Waals surface area contributed by atoms with Gasteiger partial charge in [0.15, 0.2) is 5.58 Å². The second kappa shape index (κ2) is 10.7. The van der Waals surface area contributed by atoms with Crippen LogP contribution in [0, 0.1) is 0 Å². The van der Waals surface area contributed by atoms with Crippen LogP contribution in [-0.2, 0) is 5.41 Å². The number of para-hydroxylation sites is 2. The molecule has 4 heteroatoms. The molecule has 1 aliphatic rings. The topological polar surface area (TPSA) is 35.4 Å². The third-order valence-corrected chi connectivity index (χ3v) is 11.2. The lowest BCUT2D eigenvalue weighted by Crippen LogP contribution is -2.14. The molecular weight excluding hydrogens is 635 g/mol. The molecule has 0 atom stereocenters. The van der Waals surface area contributed by atoms with Crippen molar-refractivity contribution in [3.8, 4) is 50.5 Å². The monoisotopic (exact) mass is 667 g/mol. The molecule has 1 aliphatic carbocycles. The van der Waals surface area contributed by atoms with Crippen molar-refractivity contribution in [2.45, 2.75) is 19.3 Å². The Morgan fingerprint density at radius 1 is 0.519 bits per heavy atom. The third-order valence-electron chi connectivity index (χ3n) is 11.2. The first kappa shape index (κ1) is 29.1. The Kier molecular flexibility index (Phi) is 5.98. The standard InChI is InChI=1S/C48H33N3O/c1-48(2)38-21-11-9-19-35(38)44-36(20-13-22-39(44)48)46-45(30-14-5-3-6-15-30)49-47-51(46)42-29-32(25-27-43(42)52-47)31-24-26-41-37(28-31)34-18-10-12-23-40(34)50(41)33-16-7-4-8-17-33/h3-29H,1-2H3. The lowest BCUT2D eigenvalue weighted by atomic mass is 9.82. The summed E-state index contributed by atoms with van der Waals surface area (Å²) in [6, 6.07) is 58.7. The molecular formula is C48H33N3O. The first-order chi connectivity index (χ1) is 25.6. The van der Waals surface area contributed by atoms with Crippen LogP contribution in [0.15, 0.2) is 168 Å². The van der Waals surface area contributed by atoms with Crippen molar-refractivity contribution in [3.63, 3.8) is 0 Å². The summed E-state index contributed by atoms with van der Waals surface area (Å²) in [7, 11) is 0. The van der Waals surface area contributed by atoms with Crippen molar-refractivity contribution in [1.82, 2.24) is 14.0 Å². The van der Waals surface area contributed by atoms with Crippen LogP contribution in [0.1, 0.15) is 25.0 Å². The van der Waals surface area contributed by atoms with E-state index in [0.29, 0.717) is 5.84 Å². The van der Waals surface area contributed by atoms with Gasteiger partial charge in [-0.25, -0.2) is 0 Å². The molecule has 0 saturated carbocycles. The van der Waals surface area contributed by atoms with E-state index in [-0.39, 0.29) is 5.41 Å². The molecule has 0 unspecified atom stereocenters. The van der Waals surface area contributed by atoms with Crippen molar-refractivity contribution in [3.05, 3.63) is 175 Å². The van der Waals surface area contributed by atoms with Crippen LogP contribution < -0.4 is 0 Å². The summed E-state index contributed by atoms with van der Waals surface area (Å²) in [6.45, 7) is 4.66. The third kappa shape index (κ3) is 4.00. The van der Waals surface area contributed by atoms with Gasteiger partial charge in [-0.3, -0.25) is 4.40 Å². The van der Waals surface area contributed by atoms with Crippen LogP contribution >= 0.6 is 0 Å². The molecule has 3 heterocycles. The fourth-order valence-electron chi connectivity index (χ4n) is 8.75. The maximum Gasteiger partial charge on any atom is 0.307 e. The van der Waals surface area contributed by atoms with Gasteiger partial charge in [0.05, 0.1) is 22.2 Å². The number of oxazole rings is 1. The Hall–Kier alpha value is -6.65. The number of imidazole rings is 1. The molecule has 0 fully saturated rings. The van der Waals surface area contributed by atoms with Crippen molar-refractivity contribution in [2.24, 2.45) is 0 Å². The molecule has 0 spiro atoms. The number of benzene rings is 7. The second-order valence-electron chi connectivity index (χ2n) is 14.4. The SMILES string of the molecule is CC1(C)c2ccccc2-c2c(-c3c(-c4ccccc4)nc4oc5ccc(-c6ccc7c(c6)c6ccccc6n7-c6ccccc6)cc5n34)cccc21.